The molecule has 0 unspecified atom stereocenters. The largest absolute Gasteiger partial charge is 0.460 e. The minimum atomic E-state index is -4.18. The molecule has 2 aromatic heterocycles. The van der Waals surface area contributed by atoms with Crippen LogP contribution >= 0.6 is 0 Å². The lowest BCUT2D eigenvalue weighted by Gasteiger charge is -2.17. The number of nitrogens with zero attached hydrogens (tertiary/aromatic N) is 4. The predicted molar refractivity (Wildman–Crippen MR) is 120 cm³/mol. The summed E-state index contributed by atoms with van der Waals surface area (Å²) in [6.07, 6.45) is 3.05. The molecule has 2 aliphatic rings. The topological polar surface area (TPSA) is 161 Å². The van der Waals surface area contributed by atoms with Crippen molar-refractivity contribution in [2.45, 2.75) is 50.7 Å². The van der Waals surface area contributed by atoms with Crippen LogP contribution in [0.5, 0.6) is 0 Å². The van der Waals surface area contributed by atoms with Gasteiger partial charge in [0.05, 0.1) is 19.0 Å². The molecule has 1 aromatic carbocycles. The predicted octanol–water partition coefficient (Wildman–Crippen LogP) is 1.36. The number of ether oxygens (including phenoxy) is 2. The van der Waals surface area contributed by atoms with E-state index in [0.29, 0.717) is 17.0 Å². The zero-order valence-corrected chi connectivity index (χ0v) is 19.1. The summed E-state index contributed by atoms with van der Waals surface area (Å²) in [6.45, 7) is 0.882. The Morgan fingerprint density at radius 2 is 2.12 bits per heavy atom. The maximum Gasteiger partial charge on any atom is 0.333 e. The van der Waals surface area contributed by atoms with Crippen molar-refractivity contribution in [1.82, 2.24) is 19.5 Å². The molecule has 4 atom stereocenters. The van der Waals surface area contributed by atoms with Gasteiger partial charge in [-0.3, -0.25) is 13.5 Å². The number of fused-ring (bicyclic) bond motifs is 2. The van der Waals surface area contributed by atoms with Gasteiger partial charge >= 0.3 is 16.3 Å². The van der Waals surface area contributed by atoms with E-state index in [4.69, 9.17) is 14.6 Å². The molecule has 1 aliphatic carbocycles. The molecule has 3 aromatic rings. The second-order valence-electron chi connectivity index (χ2n) is 8.27. The summed E-state index contributed by atoms with van der Waals surface area (Å²) in [5, 5.41) is 8.41. The molecule has 1 aliphatic heterocycles. The van der Waals surface area contributed by atoms with Crippen molar-refractivity contribution >= 4 is 33.3 Å². The highest BCUT2D eigenvalue weighted by atomic mass is 32.2. The number of aromatic nitrogens is 4. The van der Waals surface area contributed by atoms with Crippen LogP contribution in [0.1, 0.15) is 43.2 Å². The van der Waals surface area contributed by atoms with Crippen LogP contribution in [0.25, 0.3) is 11.2 Å². The number of nitrogens with two attached hydrogens (primary N) is 1. The van der Waals surface area contributed by atoms with Crippen molar-refractivity contribution in [2.75, 3.05) is 11.9 Å². The molecule has 12 nitrogen and oxygen atoms in total. The number of rotatable bonds is 7. The number of carbonyl (C=O) groups is 1. The molecule has 1 saturated heterocycles. The van der Waals surface area contributed by atoms with E-state index >= 15 is 0 Å². The molecule has 5 rings (SSSR count). The van der Waals surface area contributed by atoms with Gasteiger partial charge in [-0.1, -0.05) is 24.3 Å². The third kappa shape index (κ3) is 4.59. The average Bonchev–Trinajstić information content (AvgIpc) is 3.49. The number of aryl methyl sites for hydroxylation is 1. The van der Waals surface area contributed by atoms with Gasteiger partial charge in [0.1, 0.15) is 24.8 Å². The molecule has 3 N–H and O–H groups in total. The Kier molecular flexibility index (Phi) is 5.93. The highest BCUT2D eigenvalue weighted by Crippen LogP contribution is 2.36. The Balaban J connectivity index is 1.39. The van der Waals surface area contributed by atoms with E-state index in [9.17, 15) is 13.2 Å². The fourth-order valence-electron chi connectivity index (χ4n) is 4.56. The minimum absolute atomic E-state index is 0.121. The molecule has 180 valence electrons. The molecule has 1 fully saturated rings. The minimum Gasteiger partial charge on any atom is -0.460 e. The van der Waals surface area contributed by atoms with Crippen molar-refractivity contribution in [3.8, 4) is 0 Å². The van der Waals surface area contributed by atoms with E-state index in [1.165, 1.54) is 24.4 Å². The number of esters is 1. The van der Waals surface area contributed by atoms with E-state index in [1.54, 1.807) is 10.9 Å². The van der Waals surface area contributed by atoms with Crippen LogP contribution in [0.4, 0.5) is 5.82 Å². The smallest absolute Gasteiger partial charge is 0.333 e. The Morgan fingerprint density at radius 1 is 1.29 bits per heavy atom. The third-order valence-electron chi connectivity index (χ3n) is 6.01. The Bertz CT molecular complexity index is 1330. The second-order valence-corrected chi connectivity index (χ2v) is 9.49. The van der Waals surface area contributed by atoms with Crippen molar-refractivity contribution in [1.29, 1.82) is 0 Å². The van der Waals surface area contributed by atoms with E-state index in [0.717, 1.165) is 12.8 Å². The molecule has 0 bridgehead atoms. The number of carbonyl (C=O) groups excluding carboxylic acids is 1. The molecule has 0 radical (unpaired) electrons. The quantitative estimate of drug-likeness (QED) is 0.465. The summed E-state index contributed by atoms with van der Waals surface area (Å²) in [7, 11) is -4.18. The van der Waals surface area contributed by atoms with Crippen molar-refractivity contribution in [3.63, 3.8) is 0 Å². The SMILES string of the molecule is CC(=O)O[C@H]1C[C@H](n2cnc3c(N[C@H]4CCc5ccccc54)ncnc32)O[C@@H]1COS(N)(=O)=O. The standard InChI is InChI=1S/C21H24N6O6S/c1-12(28)32-16-8-18(33-17(16)9-31-34(22,29)30)27-11-25-19-20(23-10-24-21(19)27)26-15-7-6-13-4-2-3-5-14(13)15/h2-5,10-11,15-18H,6-9H2,1H3,(H2,22,29,30)(H,23,24,26)/t15-,16-,17+,18+/m0/s1. The molecular weight excluding hydrogens is 464 g/mol. The summed E-state index contributed by atoms with van der Waals surface area (Å²) in [4.78, 5) is 24.8. The van der Waals surface area contributed by atoms with E-state index in [1.807, 2.05) is 12.1 Å². The molecule has 0 spiro atoms. The highest BCUT2D eigenvalue weighted by Gasteiger charge is 2.40. The zero-order valence-electron chi connectivity index (χ0n) is 18.3. The summed E-state index contributed by atoms with van der Waals surface area (Å²) in [5.41, 5.74) is 3.67. The number of hydrogen-bond donors (Lipinski definition) is 2. The average molecular weight is 489 g/mol. The van der Waals surface area contributed by atoms with E-state index < -0.39 is 34.7 Å². The van der Waals surface area contributed by atoms with Crippen LogP contribution in [0.15, 0.2) is 36.9 Å². The maximum absolute atomic E-state index is 11.5. The second kappa shape index (κ2) is 8.91. The maximum atomic E-state index is 11.5. The van der Waals surface area contributed by atoms with Gasteiger partial charge in [0.25, 0.3) is 0 Å². The van der Waals surface area contributed by atoms with Crippen LogP contribution < -0.4 is 10.5 Å². The highest BCUT2D eigenvalue weighted by molar-refractivity contribution is 7.84. The molecular formula is C21H24N6O6S. The molecule has 13 heteroatoms. The lowest BCUT2D eigenvalue weighted by molar-refractivity contribution is -0.150. The van der Waals surface area contributed by atoms with Gasteiger partial charge < -0.3 is 14.8 Å². The van der Waals surface area contributed by atoms with Gasteiger partial charge in [-0.05, 0) is 24.0 Å². The monoisotopic (exact) mass is 488 g/mol. The number of anilines is 1. The molecule has 0 saturated carbocycles. The van der Waals surface area contributed by atoms with E-state index in [2.05, 4.69) is 36.6 Å². The first-order valence-electron chi connectivity index (χ1n) is 10.8. The lowest BCUT2D eigenvalue weighted by Crippen LogP contribution is -2.32. The Hall–Kier alpha value is -3.13. The number of hydrogen-bond acceptors (Lipinski definition) is 10. The van der Waals surface area contributed by atoms with Crippen molar-refractivity contribution < 1.29 is 26.9 Å². The summed E-state index contributed by atoms with van der Waals surface area (Å²) < 4.78 is 40.1. The third-order valence-corrected chi connectivity index (χ3v) is 6.47. The number of benzene rings is 1. The van der Waals surface area contributed by atoms with Gasteiger partial charge in [-0.15, -0.1) is 0 Å². The van der Waals surface area contributed by atoms with Crippen molar-refractivity contribution in [3.05, 3.63) is 48.0 Å². The fraction of sp³-hybridized carbons (Fsp3) is 0.429. The van der Waals surface area contributed by atoms with E-state index in [-0.39, 0.29) is 19.1 Å². The van der Waals surface area contributed by atoms with Crippen LogP contribution in [0.2, 0.25) is 0 Å². The number of nitrogens with one attached hydrogen (secondary N) is 1. The summed E-state index contributed by atoms with van der Waals surface area (Å²) >= 11 is 0. The van der Waals surface area contributed by atoms with Crippen LogP contribution in [-0.2, 0) is 35.2 Å². The van der Waals surface area contributed by atoms with Gasteiger partial charge in [0.15, 0.2) is 17.0 Å². The van der Waals surface area contributed by atoms with Crippen LogP contribution in [0.3, 0.4) is 0 Å². The lowest BCUT2D eigenvalue weighted by atomic mass is 10.1. The summed E-state index contributed by atoms with van der Waals surface area (Å²) in [6, 6.07) is 8.43. The first-order valence-corrected chi connectivity index (χ1v) is 12.3. The Morgan fingerprint density at radius 3 is 2.91 bits per heavy atom. The molecule has 3 heterocycles. The van der Waals surface area contributed by atoms with Crippen LogP contribution in [0, 0.1) is 0 Å². The first-order chi connectivity index (χ1) is 16.3. The zero-order chi connectivity index (χ0) is 23.9. The molecule has 34 heavy (non-hydrogen) atoms. The van der Waals surface area contributed by atoms with Gasteiger partial charge in [0.2, 0.25) is 0 Å². The molecule has 0 amide bonds. The van der Waals surface area contributed by atoms with Gasteiger partial charge in [-0.25, -0.2) is 20.1 Å². The van der Waals surface area contributed by atoms with Crippen LogP contribution in [-0.4, -0.2) is 52.7 Å². The number of imidazole rings is 1. The summed E-state index contributed by atoms with van der Waals surface area (Å²) in [5.74, 6) is 0.0881. The van der Waals surface area contributed by atoms with Gasteiger partial charge in [0, 0.05) is 13.3 Å². The fourth-order valence-corrected chi connectivity index (χ4v) is 4.88. The first kappa shape index (κ1) is 22.7. The van der Waals surface area contributed by atoms with Crippen molar-refractivity contribution in [2.24, 2.45) is 5.14 Å². The van der Waals surface area contributed by atoms with Gasteiger partial charge in [-0.2, -0.15) is 8.42 Å². The normalized spacial score (nSPS) is 24.3. The Labute approximate surface area is 195 Å².